The summed E-state index contributed by atoms with van der Waals surface area (Å²) in [5.41, 5.74) is 2.85. The maximum atomic E-state index is 2.34. The lowest BCUT2D eigenvalue weighted by Gasteiger charge is -2.29. The highest BCUT2D eigenvalue weighted by Crippen LogP contribution is 2.46. The van der Waals surface area contributed by atoms with E-state index < -0.39 is 0 Å². The molecule has 0 bridgehead atoms. The Bertz CT molecular complexity index is 406. The molecule has 2 fully saturated rings. The monoisotopic (exact) mass is 257 g/mol. The Kier molecular flexibility index (Phi) is 3.81. The van der Waals surface area contributed by atoms with E-state index in [1.165, 1.54) is 50.6 Å². The van der Waals surface area contributed by atoms with Gasteiger partial charge in [0.1, 0.15) is 0 Å². The molecule has 1 aromatic carbocycles. The predicted octanol–water partition coefficient (Wildman–Crippen LogP) is 4.51. The van der Waals surface area contributed by atoms with E-state index in [1.807, 2.05) is 0 Å². The van der Waals surface area contributed by atoms with Gasteiger partial charge in [0.2, 0.25) is 0 Å². The molecule has 0 heterocycles. The Morgan fingerprint density at radius 3 is 2.42 bits per heavy atom. The van der Waals surface area contributed by atoms with Crippen LogP contribution < -0.4 is 4.90 Å². The van der Waals surface area contributed by atoms with Gasteiger partial charge in [-0.1, -0.05) is 31.4 Å². The summed E-state index contributed by atoms with van der Waals surface area (Å²) in [5.74, 6) is 3.08. The smallest absolute Gasteiger partial charge is 0.0361 e. The second-order valence-corrected chi connectivity index (χ2v) is 6.81. The summed E-state index contributed by atoms with van der Waals surface area (Å²) >= 11 is 0. The molecule has 0 aromatic heterocycles. The van der Waals surface area contributed by atoms with Crippen LogP contribution >= 0.6 is 0 Å². The van der Waals surface area contributed by atoms with Crippen LogP contribution in [0.15, 0.2) is 24.3 Å². The number of nitrogens with zero attached hydrogens (tertiary/aromatic N) is 1. The van der Waals surface area contributed by atoms with Crippen molar-refractivity contribution in [2.75, 3.05) is 19.0 Å². The number of hydrogen-bond donors (Lipinski definition) is 0. The zero-order chi connectivity index (χ0) is 13.2. The quantitative estimate of drug-likeness (QED) is 0.770. The van der Waals surface area contributed by atoms with Gasteiger partial charge >= 0.3 is 0 Å². The summed E-state index contributed by atoms with van der Waals surface area (Å²) in [4.78, 5) is 2.18. The van der Waals surface area contributed by atoms with Crippen molar-refractivity contribution < 1.29 is 0 Å². The number of hydrogen-bond acceptors (Lipinski definition) is 1. The molecule has 0 radical (unpaired) electrons. The zero-order valence-corrected chi connectivity index (χ0v) is 12.4. The number of benzene rings is 1. The first kappa shape index (κ1) is 13.0. The Morgan fingerprint density at radius 2 is 1.68 bits per heavy atom. The van der Waals surface area contributed by atoms with Crippen LogP contribution in [0, 0.1) is 17.8 Å². The minimum atomic E-state index is 0.968. The van der Waals surface area contributed by atoms with E-state index in [1.54, 1.807) is 5.56 Å². The molecule has 2 aliphatic carbocycles. The molecule has 104 valence electrons. The fraction of sp³-hybridized carbons (Fsp3) is 0.667. The van der Waals surface area contributed by atoms with Gasteiger partial charge < -0.3 is 4.90 Å². The SMILES string of the molecule is CN(C)c1ccc(CC2CCC3CCCCC32)cc1. The van der Waals surface area contributed by atoms with Crippen LogP contribution in [0.2, 0.25) is 0 Å². The molecule has 2 aliphatic rings. The van der Waals surface area contributed by atoms with Crippen LogP contribution in [0.1, 0.15) is 44.1 Å². The van der Waals surface area contributed by atoms with Gasteiger partial charge in [0.15, 0.2) is 0 Å². The largest absolute Gasteiger partial charge is 0.378 e. The van der Waals surface area contributed by atoms with Crippen LogP contribution in [0.5, 0.6) is 0 Å². The lowest BCUT2D eigenvalue weighted by Crippen LogP contribution is -2.20. The average Bonchev–Trinajstić information content (AvgIpc) is 2.83. The van der Waals surface area contributed by atoms with Gasteiger partial charge in [0.25, 0.3) is 0 Å². The van der Waals surface area contributed by atoms with Crippen molar-refractivity contribution in [1.29, 1.82) is 0 Å². The van der Waals surface area contributed by atoms with Crippen molar-refractivity contribution >= 4 is 5.69 Å². The first-order valence-electron chi connectivity index (χ1n) is 8.00. The molecule has 2 saturated carbocycles. The molecule has 19 heavy (non-hydrogen) atoms. The summed E-state index contributed by atoms with van der Waals surface area (Å²) in [6.07, 6.45) is 10.3. The molecule has 0 amide bonds. The standard InChI is InChI=1S/C18H27N/c1-19(2)17-11-7-14(8-12-17)13-16-10-9-15-5-3-4-6-18(15)16/h7-8,11-12,15-16,18H,3-6,9-10,13H2,1-2H3. The minimum absolute atomic E-state index is 0.968. The molecule has 0 spiro atoms. The molecule has 0 saturated heterocycles. The van der Waals surface area contributed by atoms with Crippen molar-refractivity contribution in [3.05, 3.63) is 29.8 Å². The van der Waals surface area contributed by atoms with Crippen molar-refractivity contribution in [3.63, 3.8) is 0 Å². The van der Waals surface area contributed by atoms with Gasteiger partial charge in [0.05, 0.1) is 0 Å². The fourth-order valence-corrected chi connectivity index (χ4v) is 4.34. The summed E-state index contributed by atoms with van der Waals surface area (Å²) in [5, 5.41) is 0. The Labute approximate surface area is 118 Å². The topological polar surface area (TPSA) is 3.24 Å². The molecule has 0 aliphatic heterocycles. The maximum Gasteiger partial charge on any atom is 0.0361 e. The van der Waals surface area contributed by atoms with Gasteiger partial charge in [-0.2, -0.15) is 0 Å². The average molecular weight is 257 g/mol. The molecule has 1 aromatic rings. The van der Waals surface area contributed by atoms with E-state index in [-0.39, 0.29) is 0 Å². The molecule has 3 rings (SSSR count). The van der Waals surface area contributed by atoms with Gasteiger partial charge in [-0.05, 0) is 61.1 Å². The third kappa shape index (κ3) is 2.80. The van der Waals surface area contributed by atoms with Crippen LogP contribution in [-0.4, -0.2) is 14.1 Å². The lowest BCUT2D eigenvalue weighted by molar-refractivity contribution is 0.227. The highest BCUT2D eigenvalue weighted by molar-refractivity contribution is 5.46. The normalized spacial score (nSPS) is 30.1. The summed E-state index contributed by atoms with van der Waals surface area (Å²) < 4.78 is 0. The van der Waals surface area contributed by atoms with E-state index in [2.05, 4.69) is 43.3 Å². The van der Waals surface area contributed by atoms with E-state index in [4.69, 9.17) is 0 Å². The molecular weight excluding hydrogens is 230 g/mol. The number of anilines is 1. The number of fused-ring (bicyclic) bond motifs is 1. The van der Waals surface area contributed by atoms with E-state index in [0.29, 0.717) is 0 Å². The second-order valence-electron chi connectivity index (χ2n) is 6.81. The van der Waals surface area contributed by atoms with Gasteiger partial charge in [-0.3, -0.25) is 0 Å². The van der Waals surface area contributed by atoms with Gasteiger partial charge in [0, 0.05) is 19.8 Å². The van der Waals surface area contributed by atoms with Crippen LogP contribution in [0.3, 0.4) is 0 Å². The summed E-state index contributed by atoms with van der Waals surface area (Å²) in [6.45, 7) is 0. The number of rotatable bonds is 3. The molecule has 1 nitrogen and oxygen atoms in total. The first-order chi connectivity index (χ1) is 9.24. The van der Waals surface area contributed by atoms with Crippen molar-refractivity contribution in [2.45, 2.75) is 44.9 Å². The zero-order valence-electron chi connectivity index (χ0n) is 12.4. The fourth-order valence-electron chi connectivity index (χ4n) is 4.34. The molecule has 3 atom stereocenters. The summed E-state index contributed by atoms with van der Waals surface area (Å²) in [6, 6.07) is 9.21. The second kappa shape index (κ2) is 5.56. The van der Waals surface area contributed by atoms with E-state index in [0.717, 1.165) is 17.8 Å². The molecule has 3 unspecified atom stereocenters. The Balaban J connectivity index is 1.64. The van der Waals surface area contributed by atoms with Crippen molar-refractivity contribution in [1.82, 2.24) is 0 Å². The van der Waals surface area contributed by atoms with Crippen molar-refractivity contribution in [2.24, 2.45) is 17.8 Å². The highest BCUT2D eigenvalue weighted by Gasteiger charge is 2.36. The molecule has 1 heteroatoms. The van der Waals surface area contributed by atoms with E-state index >= 15 is 0 Å². The van der Waals surface area contributed by atoms with Crippen LogP contribution in [-0.2, 0) is 6.42 Å². The third-order valence-electron chi connectivity index (χ3n) is 5.43. The highest BCUT2D eigenvalue weighted by atomic mass is 15.1. The van der Waals surface area contributed by atoms with Gasteiger partial charge in [-0.25, -0.2) is 0 Å². The molecular formula is C18H27N. The Hall–Kier alpha value is -0.980. The first-order valence-corrected chi connectivity index (χ1v) is 8.00. The predicted molar refractivity (Wildman–Crippen MR) is 82.6 cm³/mol. The minimum Gasteiger partial charge on any atom is -0.378 e. The third-order valence-corrected chi connectivity index (χ3v) is 5.43. The molecule has 0 N–H and O–H groups in total. The van der Waals surface area contributed by atoms with Crippen LogP contribution in [0.25, 0.3) is 0 Å². The Morgan fingerprint density at radius 1 is 0.947 bits per heavy atom. The lowest BCUT2D eigenvalue weighted by atomic mass is 9.76. The maximum absolute atomic E-state index is 2.34. The van der Waals surface area contributed by atoms with Gasteiger partial charge in [-0.15, -0.1) is 0 Å². The van der Waals surface area contributed by atoms with Crippen molar-refractivity contribution in [3.8, 4) is 0 Å². The van der Waals surface area contributed by atoms with Crippen LogP contribution in [0.4, 0.5) is 5.69 Å². The van der Waals surface area contributed by atoms with E-state index in [9.17, 15) is 0 Å². The summed E-state index contributed by atoms with van der Waals surface area (Å²) in [7, 11) is 4.22.